The number of carbonyl (C=O) groups is 1. The van der Waals surface area contributed by atoms with E-state index in [0.717, 1.165) is 4.90 Å². The summed E-state index contributed by atoms with van der Waals surface area (Å²) < 4.78 is 23.4. The zero-order valence-electron chi connectivity index (χ0n) is 14.2. The van der Waals surface area contributed by atoms with Gasteiger partial charge in [-0.15, -0.1) is 11.8 Å². The SMILES string of the molecule is O=C(Nc1ccc2[nH]c(=O)[nH]c2c1)c1ccccc1SC1CCS(=O)(=O)C1. The zero-order valence-corrected chi connectivity index (χ0v) is 15.8. The highest BCUT2D eigenvalue weighted by Gasteiger charge is 2.29. The number of carbonyl (C=O) groups excluding carboxylic acids is 1. The minimum Gasteiger partial charge on any atom is -0.322 e. The van der Waals surface area contributed by atoms with E-state index in [1.807, 2.05) is 12.1 Å². The zero-order chi connectivity index (χ0) is 19.0. The van der Waals surface area contributed by atoms with Crippen molar-refractivity contribution in [2.45, 2.75) is 16.6 Å². The molecule has 1 unspecified atom stereocenters. The lowest BCUT2D eigenvalue weighted by molar-refractivity contribution is 0.102. The van der Waals surface area contributed by atoms with Crippen molar-refractivity contribution in [3.63, 3.8) is 0 Å². The van der Waals surface area contributed by atoms with Crippen LogP contribution in [-0.4, -0.2) is 41.0 Å². The van der Waals surface area contributed by atoms with Gasteiger partial charge in [0.25, 0.3) is 5.91 Å². The molecule has 1 aliphatic rings. The minimum absolute atomic E-state index is 0.0368. The molecule has 0 saturated carbocycles. The summed E-state index contributed by atoms with van der Waals surface area (Å²) >= 11 is 1.43. The fraction of sp³-hybridized carbons (Fsp3) is 0.222. The first kappa shape index (κ1) is 17.9. The predicted octanol–water partition coefficient (Wildman–Crippen LogP) is 2.39. The van der Waals surface area contributed by atoms with Crippen LogP contribution in [0.3, 0.4) is 0 Å². The van der Waals surface area contributed by atoms with E-state index in [9.17, 15) is 18.0 Å². The Hall–Kier alpha value is -2.52. The molecule has 4 rings (SSSR count). The molecule has 0 bridgehead atoms. The Labute approximate surface area is 159 Å². The first-order chi connectivity index (χ1) is 12.9. The van der Waals surface area contributed by atoms with Gasteiger partial charge in [0.2, 0.25) is 0 Å². The second-order valence-corrected chi connectivity index (χ2v) is 10.0. The van der Waals surface area contributed by atoms with E-state index < -0.39 is 9.84 Å². The summed E-state index contributed by atoms with van der Waals surface area (Å²) in [6.45, 7) is 0. The van der Waals surface area contributed by atoms with Crippen LogP contribution in [-0.2, 0) is 9.84 Å². The van der Waals surface area contributed by atoms with Crippen LogP contribution in [0.25, 0.3) is 11.0 Å². The highest BCUT2D eigenvalue weighted by atomic mass is 32.2. The van der Waals surface area contributed by atoms with Crippen molar-refractivity contribution in [2.75, 3.05) is 16.8 Å². The molecule has 3 aromatic rings. The number of H-pyrrole nitrogens is 2. The summed E-state index contributed by atoms with van der Waals surface area (Å²) in [4.78, 5) is 30.2. The lowest BCUT2D eigenvalue weighted by atomic mass is 10.2. The standard InChI is InChI=1S/C18H17N3O4S2/c22-17(19-11-5-6-14-15(9-11)21-18(23)20-14)13-3-1-2-4-16(13)26-12-7-8-27(24,25)10-12/h1-6,9,12H,7-8,10H2,(H,19,22)(H2,20,21,23). The summed E-state index contributed by atoms with van der Waals surface area (Å²) in [5.41, 5.74) is 2.02. The average molecular weight is 403 g/mol. The number of amides is 1. The van der Waals surface area contributed by atoms with Crippen molar-refractivity contribution in [3.05, 3.63) is 58.5 Å². The molecule has 9 heteroatoms. The number of aromatic amines is 2. The number of aromatic nitrogens is 2. The van der Waals surface area contributed by atoms with Crippen molar-refractivity contribution in [1.82, 2.24) is 9.97 Å². The van der Waals surface area contributed by atoms with E-state index in [1.54, 1.807) is 30.3 Å². The Morgan fingerprint density at radius 3 is 2.67 bits per heavy atom. The van der Waals surface area contributed by atoms with Crippen LogP contribution in [0.1, 0.15) is 16.8 Å². The molecule has 2 heterocycles. The molecule has 1 aliphatic heterocycles. The molecule has 27 heavy (non-hydrogen) atoms. The number of benzene rings is 2. The van der Waals surface area contributed by atoms with Crippen LogP contribution >= 0.6 is 11.8 Å². The van der Waals surface area contributed by atoms with Crippen molar-refractivity contribution in [2.24, 2.45) is 0 Å². The molecule has 2 aromatic carbocycles. The second kappa shape index (κ2) is 6.90. The summed E-state index contributed by atoms with van der Waals surface area (Å²) in [5.74, 6) is 0.0650. The molecule has 3 N–H and O–H groups in total. The van der Waals surface area contributed by atoms with E-state index >= 15 is 0 Å². The molecule has 1 saturated heterocycles. The fourth-order valence-electron chi connectivity index (χ4n) is 3.10. The first-order valence-electron chi connectivity index (χ1n) is 8.39. The van der Waals surface area contributed by atoms with Crippen molar-refractivity contribution in [3.8, 4) is 0 Å². The number of anilines is 1. The maximum Gasteiger partial charge on any atom is 0.323 e. The van der Waals surface area contributed by atoms with Gasteiger partial charge in [0, 0.05) is 15.8 Å². The number of fused-ring (bicyclic) bond motifs is 1. The van der Waals surface area contributed by atoms with Gasteiger partial charge in [-0.3, -0.25) is 4.79 Å². The quantitative estimate of drug-likeness (QED) is 0.619. The molecule has 140 valence electrons. The van der Waals surface area contributed by atoms with Gasteiger partial charge in [-0.2, -0.15) is 0 Å². The van der Waals surface area contributed by atoms with Crippen molar-refractivity contribution >= 4 is 44.2 Å². The monoisotopic (exact) mass is 403 g/mol. The Kier molecular flexibility index (Phi) is 4.56. The van der Waals surface area contributed by atoms with Crippen LogP contribution in [0.5, 0.6) is 0 Å². The highest BCUT2D eigenvalue weighted by Crippen LogP contribution is 2.33. The normalized spacial score (nSPS) is 18.6. The van der Waals surface area contributed by atoms with Crippen LogP contribution < -0.4 is 11.0 Å². The number of hydrogen-bond acceptors (Lipinski definition) is 5. The largest absolute Gasteiger partial charge is 0.323 e. The molecule has 1 atom stereocenters. The third-order valence-electron chi connectivity index (χ3n) is 4.39. The molecular weight excluding hydrogens is 386 g/mol. The van der Waals surface area contributed by atoms with Gasteiger partial charge < -0.3 is 15.3 Å². The molecule has 1 amide bonds. The number of thioether (sulfide) groups is 1. The molecule has 1 aromatic heterocycles. The van der Waals surface area contributed by atoms with Crippen LogP contribution in [0.15, 0.2) is 52.2 Å². The van der Waals surface area contributed by atoms with E-state index in [-0.39, 0.29) is 28.4 Å². The van der Waals surface area contributed by atoms with Gasteiger partial charge in [-0.1, -0.05) is 12.1 Å². The van der Waals surface area contributed by atoms with E-state index in [4.69, 9.17) is 0 Å². The van der Waals surface area contributed by atoms with Gasteiger partial charge in [0.05, 0.1) is 28.1 Å². The Balaban J connectivity index is 1.55. The maximum absolute atomic E-state index is 12.8. The van der Waals surface area contributed by atoms with Crippen LogP contribution in [0.2, 0.25) is 0 Å². The van der Waals surface area contributed by atoms with E-state index in [0.29, 0.717) is 28.7 Å². The summed E-state index contributed by atoms with van der Waals surface area (Å²) in [5, 5.41) is 2.80. The molecule has 0 radical (unpaired) electrons. The molecule has 0 aliphatic carbocycles. The Morgan fingerprint density at radius 2 is 1.89 bits per heavy atom. The molecule has 1 fully saturated rings. The number of hydrogen-bond donors (Lipinski definition) is 3. The van der Waals surface area contributed by atoms with Crippen molar-refractivity contribution < 1.29 is 13.2 Å². The summed E-state index contributed by atoms with van der Waals surface area (Å²) in [6.07, 6.45) is 0.598. The van der Waals surface area contributed by atoms with E-state index in [1.165, 1.54) is 11.8 Å². The van der Waals surface area contributed by atoms with Crippen molar-refractivity contribution in [1.29, 1.82) is 0 Å². The topological polar surface area (TPSA) is 112 Å². The third-order valence-corrected chi connectivity index (χ3v) is 7.71. The average Bonchev–Trinajstić information content (AvgIpc) is 3.15. The van der Waals surface area contributed by atoms with Gasteiger partial charge in [0.15, 0.2) is 9.84 Å². The Bertz CT molecular complexity index is 1180. The lowest BCUT2D eigenvalue weighted by Crippen LogP contribution is -2.14. The summed E-state index contributed by atoms with van der Waals surface area (Å²) in [7, 11) is -2.97. The number of nitrogens with one attached hydrogen (secondary N) is 3. The third kappa shape index (κ3) is 3.93. The first-order valence-corrected chi connectivity index (χ1v) is 11.1. The smallest absolute Gasteiger partial charge is 0.322 e. The lowest BCUT2D eigenvalue weighted by Gasteiger charge is -2.12. The number of sulfone groups is 1. The van der Waals surface area contributed by atoms with Gasteiger partial charge in [0.1, 0.15) is 0 Å². The highest BCUT2D eigenvalue weighted by molar-refractivity contribution is 8.02. The predicted molar refractivity (Wildman–Crippen MR) is 106 cm³/mol. The fourth-order valence-corrected chi connectivity index (χ4v) is 6.73. The number of rotatable bonds is 4. The van der Waals surface area contributed by atoms with Crippen LogP contribution in [0.4, 0.5) is 5.69 Å². The Morgan fingerprint density at radius 1 is 1.11 bits per heavy atom. The van der Waals surface area contributed by atoms with Crippen LogP contribution in [0, 0.1) is 0 Å². The molecular formula is C18H17N3O4S2. The van der Waals surface area contributed by atoms with E-state index in [2.05, 4.69) is 15.3 Å². The maximum atomic E-state index is 12.8. The second-order valence-electron chi connectivity index (χ2n) is 6.43. The molecule has 7 nitrogen and oxygen atoms in total. The van der Waals surface area contributed by atoms with Gasteiger partial charge in [-0.05, 0) is 36.8 Å². The van der Waals surface area contributed by atoms with Gasteiger partial charge >= 0.3 is 5.69 Å². The minimum atomic E-state index is -2.97. The summed E-state index contributed by atoms with van der Waals surface area (Å²) in [6, 6.07) is 12.3. The number of imidazole rings is 1. The van der Waals surface area contributed by atoms with Gasteiger partial charge in [-0.25, -0.2) is 13.2 Å². The molecule has 0 spiro atoms.